The number of hydrogen-bond acceptors (Lipinski definition) is 5. The minimum absolute atomic E-state index is 0. The van der Waals surface area contributed by atoms with Gasteiger partial charge in [-0.25, -0.2) is 4.68 Å². The number of carbonyl (C=O) groups excluding carboxylic acids is 1. The number of aromatic nitrogens is 3. The number of carbonyl (C=O) groups is 1. The molecule has 0 spiro atoms. The molecule has 7 nitrogen and oxygen atoms in total. The summed E-state index contributed by atoms with van der Waals surface area (Å²) in [5.41, 5.74) is 0.297. The van der Waals surface area contributed by atoms with Crippen LogP contribution in [0.1, 0.15) is 12.8 Å². The Balaban J connectivity index is 0.00000182. The second-order valence-electron chi connectivity index (χ2n) is 6.71. The first kappa shape index (κ1) is 17.8. The molecule has 3 heterocycles. The van der Waals surface area contributed by atoms with Crippen LogP contribution >= 0.6 is 12.4 Å². The molecule has 2 atom stereocenters. The molecule has 0 radical (unpaired) electrons. The third-order valence-electron chi connectivity index (χ3n) is 5.29. The SMILES string of the molecule is Cl.O=C(Cn1nnc2ccccc2c1=O)N1CC[C@@H]2CNC[C@@H]2CC1. The Hall–Kier alpha value is -1.99. The number of fused-ring (bicyclic) bond motifs is 2. The van der Waals surface area contributed by atoms with Crippen molar-refractivity contribution in [2.45, 2.75) is 19.4 Å². The van der Waals surface area contributed by atoms with Crippen LogP contribution in [0.25, 0.3) is 10.9 Å². The first-order valence-electron chi connectivity index (χ1n) is 8.53. The van der Waals surface area contributed by atoms with Crippen molar-refractivity contribution in [2.24, 2.45) is 11.8 Å². The van der Waals surface area contributed by atoms with E-state index in [9.17, 15) is 9.59 Å². The zero-order chi connectivity index (χ0) is 16.5. The van der Waals surface area contributed by atoms with Crippen LogP contribution in [0.2, 0.25) is 0 Å². The van der Waals surface area contributed by atoms with Gasteiger partial charge in [0.1, 0.15) is 12.1 Å². The van der Waals surface area contributed by atoms with Crippen LogP contribution in [-0.2, 0) is 11.3 Å². The predicted molar refractivity (Wildman–Crippen MR) is 96.7 cm³/mol. The molecule has 1 aromatic carbocycles. The number of rotatable bonds is 2. The highest BCUT2D eigenvalue weighted by atomic mass is 35.5. The number of halogens is 1. The summed E-state index contributed by atoms with van der Waals surface area (Å²) >= 11 is 0. The van der Waals surface area contributed by atoms with Crippen LogP contribution in [0.15, 0.2) is 29.1 Å². The highest BCUT2D eigenvalue weighted by Crippen LogP contribution is 2.27. The van der Waals surface area contributed by atoms with Gasteiger partial charge in [-0.15, -0.1) is 17.5 Å². The van der Waals surface area contributed by atoms with Crippen LogP contribution in [-0.4, -0.2) is 52.0 Å². The van der Waals surface area contributed by atoms with Crippen LogP contribution in [0.5, 0.6) is 0 Å². The molecule has 2 aliphatic heterocycles. The monoisotopic (exact) mass is 363 g/mol. The van der Waals surface area contributed by atoms with Crippen molar-refractivity contribution in [3.8, 4) is 0 Å². The number of hydrogen-bond donors (Lipinski definition) is 1. The topological polar surface area (TPSA) is 80.1 Å². The van der Waals surface area contributed by atoms with Crippen LogP contribution in [0, 0.1) is 11.8 Å². The van der Waals surface area contributed by atoms with E-state index in [2.05, 4.69) is 15.6 Å². The molecule has 25 heavy (non-hydrogen) atoms. The molecule has 0 bridgehead atoms. The normalized spacial score (nSPS) is 23.0. The Kier molecular flexibility index (Phi) is 5.34. The number of benzene rings is 1. The van der Waals surface area contributed by atoms with E-state index in [0.29, 0.717) is 22.7 Å². The van der Waals surface area contributed by atoms with Gasteiger partial charge in [-0.2, -0.15) is 0 Å². The first-order chi connectivity index (χ1) is 11.7. The molecule has 0 aliphatic carbocycles. The fraction of sp³-hybridized carbons (Fsp3) is 0.529. The lowest BCUT2D eigenvalue weighted by molar-refractivity contribution is -0.132. The Bertz CT molecular complexity index is 810. The molecule has 2 fully saturated rings. The number of nitrogens with one attached hydrogen (secondary N) is 1. The standard InChI is InChI=1S/C17H21N5O2.ClH/c23-16(21-7-5-12-9-18-10-13(12)6-8-21)11-22-17(24)14-3-1-2-4-15(14)19-20-22;/h1-4,12-13,18H,5-11H2;1H/t12-,13+;. The quantitative estimate of drug-likeness (QED) is 0.848. The molecule has 2 aliphatic rings. The fourth-order valence-electron chi connectivity index (χ4n) is 3.82. The Morgan fingerprint density at radius 3 is 2.56 bits per heavy atom. The predicted octanol–water partition coefficient (Wildman–Crippen LogP) is 0.671. The smallest absolute Gasteiger partial charge is 0.278 e. The molecule has 1 amide bonds. The summed E-state index contributed by atoms with van der Waals surface area (Å²) in [7, 11) is 0. The zero-order valence-electron chi connectivity index (χ0n) is 13.9. The summed E-state index contributed by atoms with van der Waals surface area (Å²) < 4.78 is 1.18. The summed E-state index contributed by atoms with van der Waals surface area (Å²) in [5, 5.41) is 11.9. The van der Waals surface area contributed by atoms with Gasteiger partial charge in [0.05, 0.1) is 5.39 Å². The van der Waals surface area contributed by atoms with E-state index in [1.54, 1.807) is 18.2 Å². The van der Waals surface area contributed by atoms with Gasteiger partial charge < -0.3 is 10.2 Å². The summed E-state index contributed by atoms with van der Waals surface area (Å²) in [6, 6.07) is 7.07. The molecule has 4 rings (SSSR count). The van der Waals surface area contributed by atoms with E-state index in [1.165, 1.54) is 4.68 Å². The average Bonchev–Trinajstić information content (AvgIpc) is 2.96. The third kappa shape index (κ3) is 3.52. The van der Waals surface area contributed by atoms with Gasteiger partial charge in [0.15, 0.2) is 0 Å². The van der Waals surface area contributed by atoms with Gasteiger partial charge >= 0.3 is 0 Å². The molecule has 1 aromatic heterocycles. The lowest BCUT2D eigenvalue weighted by atomic mass is 9.92. The van der Waals surface area contributed by atoms with Gasteiger partial charge in [-0.1, -0.05) is 17.3 Å². The van der Waals surface area contributed by atoms with Crippen molar-refractivity contribution < 1.29 is 4.79 Å². The summed E-state index contributed by atoms with van der Waals surface area (Å²) in [5.74, 6) is 1.30. The molecule has 134 valence electrons. The third-order valence-corrected chi connectivity index (χ3v) is 5.29. The minimum Gasteiger partial charge on any atom is -0.341 e. The summed E-state index contributed by atoms with van der Waals surface area (Å²) in [4.78, 5) is 26.9. The van der Waals surface area contributed by atoms with Crippen LogP contribution in [0.3, 0.4) is 0 Å². The van der Waals surface area contributed by atoms with Gasteiger partial charge in [-0.3, -0.25) is 9.59 Å². The van der Waals surface area contributed by atoms with Crippen molar-refractivity contribution >= 4 is 29.2 Å². The largest absolute Gasteiger partial charge is 0.341 e. The first-order valence-corrected chi connectivity index (χ1v) is 8.53. The van der Waals surface area contributed by atoms with Gasteiger partial charge in [0.25, 0.3) is 5.56 Å². The van der Waals surface area contributed by atoms with E-state index in [4.69, 9.17) is 0 Å². The second-order valence-corrected chi connectivity index (χ2v) is 6.71. The lowest BCUT2D eigenvalue weighted by Gasteiger charge is -2.21. The van der Waals surface area contributed by atoms with Crippen molar-refractivity contribution in [1.29, 1.82) is 0 Å². The Morgan fingerprint density at radius 1 is 1.16 bits per heavy atom. The molecule has 2 saturated heterocycles. The molecule has 0 unspecified atom stereocenters. The zero-order valence-corrected chi connectivity index (χ0v) is 14.7. The molecule has 1 N–H and O–H groups in total. The fourth-order valence-corrected chi connectivity index (χ4v) is 3.82. The van der Waals surface area contributed by atoms with Crippen LogP contribution < -0.4 is 10.9 Å². The molecular weight excluding hydrogens is 342 g/mol. The van der Waals surface area contributed by atoms with Crippen molar-refractivity contribution in [1.82, 2.24) is 25.2 Å². The highest BCUT2D eigenvalue weighted by molar-refractivity contribution is 5.85. The maximum absolute atomic E-state index is 12.6. The number of likely N-dealkylation sites (tertiary alicyclic amines) is 1. The maximum atomic E-state index is 12.6. The number of nitrogens with zero attached hydrogens (tertiary/aromatic N) is 4. The minimum atomic E-state index is -0.259. The Labute approximate surface area is 151 Å². The van der Waals surface area contributed by atoms with E-state index in [-0.39, 0.29) is 30.4 Å². The van der Waals surface area contributed by atoms with Gasteiger partial charge in [0, 0.05) is 13.1 Å². The lowest BCUT2D eigenvalue weighted by Crippen LogP contribution is -2.38. The van der Waals surface area contributed by atoms with E-state index < -0.39 is 0 Å². The highest BCUT2D eigenvalue weighted by Gasteiger charge is 2.31. The van der Waals surface area contributed by atoms with Gasteiger partial charge in [0.2, 0.25) is 5.91 Å². The van der Waals surface area contributed by atoms with Gasteiger partial charge in [-0.05, 0) is 49.9 Å². The Morgan fingerprint density at radius 2 is 1.84 bits per heavy atom. The van der Waals surface area contributed by atoms with E-state index in [1.807, 2.05) is 11.0 Å². The van der Waals surface area contributed by atoms with Crippen molar-refractivity contribution in [2.75, 3.05) is 26.2 Å². The summed E-state index contributed by atoms with van der Waals surface area (Å²) in [6.45, 7) is 3.60. The van der Waals surface area contributed by atoms with E-state index >= 15 is 0 Å². The van der Waals surface area contributed by atoms with Crippen molar-refractivity contribution in [3.63, 3.8) is 0 Å². The van der Waals surface area contributed by atoms with Crippen molar-refractivity contribution in [3.05, 3.63) is 34.6 Å². The number of amides is 1. The molecular formula is C17H22ClN5O2. The molecule has 2 aromatic rings. The molecule has 8 heteroatoms. The van der Waals surface area contributed by atoms with E-state index in [0.717, 1.165) is 39.0 Å². The maximum Gasteiger partial charge on any atom is 0.278 e. The average molecular weight is 364 g/mol. The van der Waals surface area contributed by atoms with Crippen LogP contribution in [0.4, 0.5) is 0 Å². The summed E-state index contributed by atoms with van der Waals surface area (Å²) in [6.07, 6.45) is 2.06. The molecule has 0 saturated carbocycles. The second kappa shape index (κ2) is 7.49.